The molecule has 114 valence electrons. The summed E-state index contributed by atoms with van der Waals surface area (Å²) < 4.78 is 8.79. The van der Waals surface area contributed by atoms with Crippen LogP contribution in [0.5, 0.6) is 5.75 Å². The van der Waals surface area contributed by atoms with Crippen LogP contribution in [0.4, 0.5) is 0 Å². The van der Waals surface area contributed by atoms with E-state index in [1.54, 1.807) is 36.3 Å². The average molecular weight is 298 g/mol. The highest BCUT2D eigenvalue weighted by Crippen LogP contribution is 2.21. The van der Waals surface area contributed by atoms with E-state index in [2.05, 4.69) is 10.1 Å². The van der Waals surface area contributed by atoms with Gasteiger partial charge in [0.1, 0.15) is 11.3 Å². The number of aromatic nitrogens is 4. The monoisotopic (exact) mass is 298 g/mol. The molecule has 0 unspecified atom stereocenters. The molecule has 6 heteroatoms. The molecular weight excluding hydrogens is 280 g/mol. The van der Waals surface area contributed by atoms with Crippen molar-refractivity contribution in [3.05, 3.63) is 53.3 Å². The van der Waals surface area contributed by atoms with Crippen LogP contribution in [-0.2, 0) is 6.54 Å². The van der Waals surface area contributed by atoms with Gasteiger partial charge in [0.2, 0.25) is 0 Å². The molecule has 2 aromatic heterocycles. The van der Waals surface area contributed by atoms with Crippen molar-refractivity contribution >= 4 is 10.9 Å². The SMILES string of the molecule is COc1cccc2c(=O)n([C@@H](C)CCn3cccn3)cnc12. The van der Waals surface area contributed by atoms with Gasteiger partial charge in [-0.1, -0.05) is 6.07 Å². The Balaban J connectivity index is 1.90. The lowest BCUT2D eigenvalue weighted by Gasteiger charge is -2.15. The molecule has 6 nitrogen and oxygen atoms in total. The lowest BCUT2D eigenvalue weighted by atomic mass is 10.2. The summed E-state index contributed by atoms with van der Waals surface area (Å²) in [6, 6.07) is 7.33. The van der Waals surface area contributed by atoms with Gasteiger partial charge in [0, 0.05) is 25.0 Å². The number of fused-ring (bicyclic) bond motifs is 1. The van der Waals surface area contributed by atoms with Crippen LogP contribution in [0.2, 0.25) is 0 Å². The fourth-order valence-electron chi connectivity index (χ4n) is 2.51. The van der Waals surface area contributed by atoms with Crippen molar-refractivity contribution in [2.45, 2.75) is 25.9 Å². The Morgan fingerprint density at radius 1 is 1.32 bits per heavy atom. The predicted octanol–water partition coefficient (Wildman–Crippen LogP) is 2.25. The maximum Gasteiger partial charge on any atom is 0.261 e. The quantitative estimate of drug-likeness (QED) is 0.725. The first-order valence-electron chi connectivity index (χ1n) is 7.22. The Morgan fingerprint density at radius 2 is 2.18 bits per heavy atom. The summed E-state index contributed by atoms with van der Waals surface area (Å²) in [4.78, 5) is 17.0. The molecule has 0 bridgehead atoms. The molecule has 0 saturated carbocycles. The fourth-order valence-corrected chi connectivity index (χ4v) is 2.51. The summed E-state index contributed by atoms with van der Waals surface area (Å²) >= 11 is 0. The zero-order chi connectivity index (χ0) is 15.5. The number of rotatable bonds is 5. The smallest absolute Gasteiger partial charge is 0.261 e. The van der Waals surface area contributed by atoms with Gasteiger partial charge >= 0.3 is 0 Å². The van der Waals surface area contributed by atoms with Gasteiger partial charge in [0.05, 0.1) is 18.8 Å². The molecule has 0 saturated heterocycles. The molecule has 1 atom stereocenters. The Morgan fingerprint density at radius 3 is 2.91 bits per heavy atom. The van der Waals surface area contributed by atoms with Crippen LogP contribution in [0.1, 0.15) is 19.4 Å². The second kappa shape index (κ2) is 6.01. The molecule has 0 amide bonds. The molecule has 22 heavy (non-hydrogen) atoms. The number of aryl methyl sites for hydroxylation is 1. The van der Waals surface area contributed by atoms with E-state index in [1.807, 2.05) is 29.9 Å². The number of para-hydroxylation sites is 1. The normalized spacial score (nSPS) is 12.5. The fraction of sp³-hybridized carbons (Fsp3) is 0.312. The summed E-state index contributed by atoms with van der Waals surface area (Å²) in [5.74, 6) is 0.617. The Labute approximate surface area is 128 Å². The van der Waals surface area contributed by atoms with Crippen molar-refractivity contribution in [1.29, 1.82) is 0 Å². The minimum absolute atomic E-state index is 0.0415. The average Bonchev–Trinajstić information content (AvgIpc) is 3.06. The Hall–Kier alpha value is -2.63. The van der Waals surface area contributed by atoms with E-state index in [9.17, 15) is 4.79 Å². The largest absolute Gasteiger partial charge is 0.494 e. The van der Waals surface area contributed by atoms with Crippen LogP contribution >= 0.6 is 0 Å². The first-order chi connectivity index (χ1) is 10.7. The van der Waals surface area contributed by atoms with Gasteiger partial charge in [-0.3, -0.25) is 14.0 Å². The van der Waals surface area contributed by atoms with Crippen LogP contribution in [0.25, 0.3) is 10.9 Å². The Kier molecular flexibility index (Phi) is 3.91. The lowest BCUT2D eigenvalue weighted by Crippen LogP contribution is -2.24. The van der Waals surface area contributed by atoms with Gasteiger partial charge in [-0.05, 0) is 31.5 Å². The van der Waals surface area contributed by atoms with E-state index in [0.29, 0.717) is 16.7 Å². The number of hydrogen-bond donors (Lipinski definition) is 0. The van der Waals surface area contributed by atoms with E-state index in [0.717, 1.165) is 13.0 Å². The van der Waals surface area contributed by atoms with Crippen molar-refractivity contribution in [3.8, 4) is 5.75 Å². The number of benzene rings is 1. The number of methoxy groups -OCH3 is 1. The van der Waals surface area contributed by atoms with E-state index >= 15 is 0 Å². The highest BCUT2D eigenvalue weighted by atomic mass is 16.5. The van der Waals surface area contributed by atoms with Gasteiger partial charge in [-0.25, -0.2) is 4.98 Å². The molecule has 0 N–H and O–H groups in total. The van der Waals surface area contributed by atoms with Crippen molar-refractivity contribution in [2.75, 3.05) is 7.11 Å². The van der Waals surface area contributed by atoms with Crippen LogP contribution in [0, 0.1) is 0 Å². The third-order valence-electron chi connectivity index (χ3n) is 3.81. The van der Waals surface area contributed by atoms with Crippen molar-refractivity contribution < 1.29 is 4.74 Å². The van der Waals surface area contributed by atoms with Crippen LogP contribution in [-0.4, -0.2) is 26.4 Å². The second-order valence-electron chi connectivity index (χ2n) is 5.22. The molecule has 0 aliphatic heterocycles. The van der Waals surface area contributed by atoms with Crippen molar-refractivity contribution in [1.82, 2.24) is 19.3 Å². The minimum Gasteiger partial charge on any atom is -0.494 e. The van der Waals surface area contributed by atoms with Crippen LogP contribution < -0.4 is 10.3 Å². The number of ether oxygens (including phenoxy) is 1. The van der Waals surface area contributed by atoms with E-state index in [4.69, 9.17) is 4.74 Å². The first kappa shape index (κ1) is 14.3. The van der Waals surface area contributed by atoms with E-state index in [1.165, 1.54) is 0 Å². The molecule has 3 rings (SSSR count). The van der Waals surface area contributed by atoms with Crippen LogP contribution in [0.15, 0.2) is 47.8 Å². The van der Waals surface area contributed by atoms with Gasteiger partial charge < -0.3 is 4.74 Å². The molecule has 0 radical (unpaired) electrons. The maximum atomic E-state index is 12.6. The van der Waals surface area contributed by atoms with E-state index in [-0.39, 0.29) is 11.6 Å². The third-order valence-corrected chi connectivity index (χ3v) is 3.81. The minimum atomic E-state index is -0.0446. The molecule has 0 fully saturated rings. The topological polar surface area (TPSA) is 61.9 Å². The second-order valence-corrected chi connectivity index (χ2v) is 5.22. The van der Waals surface area contributed by atoms with Gasteiger partial charge in [0.15, 0.2) is 0 Å². The molecule has 0 aliphatic carbocycles. The van der Waals surface area contributed by atoms with Gasteiger partial charge in [-0.15, -0.1) is 0 Å². The zero-order valence-electron chi connectivity index (χ0n) is 12.6. The van der Waals surface area contributed by atoms with Crippen LogP contribution in [0.3, 0.4) is 0 Å². The highest BCUT2D eigenvalue weighted by molar-refractivity contribution is 5.83. The molecule has 2 heterocycles. The van der Waals surface area contributed by atoms with Crippen molar-refractivity contribution in [2.24, 2.45) is 0 Å². The van der Waals surface area contributed by atoms with Gasteiger partial charge in [0.25, 0.3) is 5.56 Å². The molecule has 0 spiro atoms. The summed E-state index contributed by atoms with van der Waals surface area (Å²) in [5, 5.41) is 4.75. The predicted molar refractivity (Wildman–Crippen MR) is 84.1 cm³/mol. The summed E-state index contributed by atoms with van der Waals surface area (Å²) in [5.41, 5.74) is 0.558. The van der Waals surface area contributed by atoms with Crippen molar-refractivity contribution in [3.63, 3.8) is 0 Å². The highest BCUT2D eigenvalue weighted by Gasteiger charge is 2.12. The molecule has 1 aromatic carbocycles. The maximum absolute atomic E-state index is 12.6. The standard InChI is InChI=1S/C16H18N4O2/c1-12(7-10-19-9-4-8-18-19)20-11-17-15-13(16(20)21)5-3-6-14(15)22-2/h3-6,8-9,11-12H,7,10H2,1-2H3/t12-/m0/s1. The lowest BCUT2D eigenvalue weighted by molar-refractivity contribution is 0.417. The summed E-state index contributed by atoms with van der Waals surface area (Å²) in [6.45, 7) is 2.77. The molecule has 3 aromatic rings. The van der Waals surface area contributed by atoms with E-state index < -0.39 is 0 Å². The molecular formula is C16H18N4O2. The number of nitrogens with zero attached hydrogens (tertiary/aromatic N) is 4. The summed E-state index contributed by atoms with van der Waals surface area (Å²) in [6.07, 6.45) is 6.07. The first-order valence-corrected chi connectivity index (χ1v) is 7.22. The number of hydrogen-bond acceptors (Lipinski definition) is 4. The van der Waals surface area contributed by atoms with Gasteiger partial charge in [-0.2, -0.15) is 5.10 Å². The Bertz CT molecular complexity index is 824. The molecule has 0 aliphatic rings. The summed E-state index contributed by atoms with van der Waals surface area (Å²) in [7, 11) is 1.58. The zero-order valence-corrected chi connectivity index (χ0v) is 12.6. The third kappa shape index (κ3) is 2.59.